The Morgan fingerprint density at radius 2 is 1.78 bits per heavy atom. The van der Waals surface area contributed by atoms with Crippen molar-refractivity contribution < 1.29 is 35.5 Å². The molecule has 0 radical (unpaired) electrons. The summed E-state index contributed by atoms with van der Waals surface area (Å²) in [6.45, 7) is -0.665. The van der Waals surface area contributed by atoms with Gasteiger partial charge in [0.05, 0.1) is 23.5 Å². The topological polar surface area (TPSA) is 77.0 Å². The zero-order valence-corrected chi connectivity index (χ0v) is 19.1. The monoisotopic (exact) mass is 537 g/mol. The minimum Gasteiger partial charge on any atom is -0.335 e. The lowest BCUT2D eigenvalue weighted by Crippen LogP contribution is -2.42. The largest absolute Gasteiger partial charge is 0.449 e. The van der Waals surface area contributed by atoms with Gasteiger partial charge in [-0.15, -0.1) is 12.4 Å². The van der Waals surface area contributed by atoms with Crippen molar-refractivity contribution in [2.24, 2.45) is 5.73 Å². The molecule has 0 unspecified atom stereocenters. The first kappa shape index (κ1) is 27.4. The first-order valence-corrected chi connectivity index (χ1v) is 10.4. The van der Waals surface area contributed by atoms with Crippen molar-refractivity contribution in [2.45, 2.75) is 38.1 Å². The summed E-state index contributed by atoms with van der Waals surface area (Å²) in [6.07, 6.45) is -4.28. The second kappa shape index (κ2) is 10.4. The summed E-state index contributed by atoms with van der Waals surface area (Å²) in [7, 11) is 0. The molecule has 14 heteroatoms. The summed E-state index contributed by atoms with van der Waals surface area (Å²) >= 11 is 0. The summed E-state index contributed by atoms with van der Waals surface area (Å²) < 4.78 is 96.2. The Balaban J connectivity index is 0.00000361. The molecule has 0 aliphatic carbocycles. The first-order chi connectivity index (χ1) is 16.5. The molecule has 0 fully saturated rings. The number of pyridine rings is 1. The third kappa shape index (κ3) is 5.46. The lowest BCUT2D eigenvalue weighted by atomic mass is 10.0. The van der Waals surface area contributed by atoms with Crippen molar-refractivity contribution in [3.63, 3.8) is 0 Å². The molecule has 1 aliphatic heterocycles. The molecule has 3 heterocycles. The lowest BCUT2D eigenvalue weighted by Gasteiger charge is -2.30. The second-order valence-corrected chi connectivity index (χ2v) is 8.06. The lowest BCUT2D eigenvalue weighted by molar-refractivity contribution is -0.148. The molecule has 1 aliphatic rings. The van der Waals surface area contributed by atoms with Gasteiger partial charge >= 0.3 is 6.18 Å². The number of alkyl halides is 3. The Morgan fingerprint density at radius 3 is 2.44 bits per heavy atom. The van der Waals surface area contributed by atoms with Crippen LogP contribution in [0.4, 0.5) is 30.7 Å². The number of carbonyl (C=O) groups is 1. The molecule has 1 amide bonds. The number of imidazole rings is 1. The number of aromatic nitrogens is 3. The molecule has 194 valence electrons. The van der Waals surface area contributed by atoms with Gasteiger partial charge in [-0.05, 0) is 30.2 Å². The van der Waals surface area contributed by atoms with Crippen LogP contribution in [0.1, 0.15) is 23.5 Å². The molecule has 1 atom stereocenters. The van der Waals surface area contributed by atoms with Gasteiger partial charge in [-0.2, -0.15) is 17.6 Å². The highest BCUT2D eigenvalue weighted by Crippen LogP contribution is 2.36. The van der Waals surface area contributed by atoms with Crippen LogP contribution < -0.4 is 5.73 Å². The predicted molar refractivity (Wildman–Crippen MR) is 116 cm³/mol. The SMILES string of the molecule is Cl.N[C@@H](CC(=O)N1CCn2c(C(F)(F)F)nc(-c3cccnc3F)c2C1)Cc1cc(F)c(F)cc1F. The summed E-state index contributed by atoms with van der Waals surface area (Å²) in [5.41, 5.74) is 5.14. The van der Waals surface area contributed by atoms with Gasteiger partial charge in [0.1, 0.15) is 5.82 Å². The third-order valence-electron chi connectivity index (χ3n) is 5.64. The third-order valence-corrected chi connectivity index (χ3v) is 5.64. The highest BCUT2D eigenvalue weighted by molar-refractivity contribution is 5.85. The molecule has 0 spiro atoms. The number of carbonyl (C=O) groups excluding carboxylic acids is 1. The zero-order chi connectivity index (χ0) is 25.5. The van der Waals surface area contributed by atoms with Gasteiger partial charge in [0.15, 0.2) is 11.6 Å². The Hall–Kier alpha value is -3.19. The number of fused-ring (bicyclic) bond motifs is 1. The van der Waals surface area contributed by atoms with Crippen LogP contribution in [0.2, 0.25) is 0 Å². The number of halogens is 8. The molecule has 1 aromatic carbocycles. The van der Waals surface area contributed by atoms with E-state index in [1.54, 1.807) is 0 Å². The molecule has 6 nitrogen and oxygen atoms in total. The van der Waals surface area contributed by atoms with E-state index < -0.39 is 47.3 Å². The van der Waals surface area contributed by atoms with Gasteiger partial charge in [-0.1, -0.05) is 0 Å². The number of nitrogens with two attached hydrogens (primary N) is 1. The molecule has 36 heavy (non-hydrogen) atoms. The molecule has 3 aromatic rings. The van der Waals surface area contributed by atoms with E-state index in [2.05, 4.69) is 9.97 Å². The number of nitrogens with zero attached hydrogens (tertiary/aromatic N) is 4. The normalized spacial score (nSPS) is 14.3. The molecule has 4 rings (SSSR count). The van der Waals surface area contributed by atoms with E-state index in [4.69, 9.17) is 5.73 Å². The van der Waals surface area contributed by atoms with Gasteiger partial charge in [0.25, 0.3) is 0 Å². The van der Waals surface area contributed by atoms with Gasteiger partial charge in [-0.3, -0.25) is 4.79 Å². The molecule has 0 saturated carbocycles. The van der Waals surface area contributed by atoms with Crippen LogP contribution in [-0.4, -0.2) is 37.9 Å². The zero-order valence-electron chi connectivity index (χ0n) is 18.3. The maximum absolute atomic E-state index is 14.3. The molecule has 0 bridgehead atoms. The van der Waals surface area contributed by atoms with E-state index >= 15 is 0 Å². The Bertz CT molecular complexity index is 1280. The smallest absolute Gasteiger partial charge is 0.335 e. The van der Waals surface area contributed by atoms with Crippen LogP contribution >= 0.6 is 12.4 Å². The van der Waals surface area contributed by atoms with E-state index in [1.807, 2.05) is 0 Å². The van der Waals surface area contributed by atoms with E-state index in [9.17, 15) is 35.5 Å². The number of benzene rings is 1. The summed E-state index contributed by atoms with van der Waals surface area (Å²) in [6, 6.07) is 2.64. The Morgan fingerprint density at radius 1 is 1.08 bits per heavy atom. The van der Waals surface area contributed by atoms with E-state index in [-0.39, 0.29) is 67.4 Å². The predicted octanol–water partition coefficient (Wildman–Crippen LogP) is 4.24. The average Bonchev–Trinajstić information content (AvgIpc) is 3.17. The number of hydrogen-bond donors (Lipinski definition) is 1. The van der Waals surface area contributed by atoms with Crippen LogP contribution in [0.25, 0.3) is 11.3 Å². The maximum Gasteiger partial charge on any atom is 0.449 e. The van der Waals surface area contributed by atoms with Gasteiger partial charge < -0.3 is 15.2 Å². The number of amides is 1. The van der Waals surface area contributed by atoms with Gasteiger partial charge in [0.2, 0.25) is 17.7 Å². The fourth-order valence-electron chi connectivity index (χ4n) is 4.00. The number of rotatable bonds is 5. The van der Waals surface area contributed by atoms with Crippen LogP contribution in [0.5, 0.6) is 0 Å². The first-order valence-electron chi connectivity index (χ1n) is 10.4. The highest BCUT2D eigenvalue weighted by Gasteiger charge is 2.41. The maximum atomic E-state index is 14.3. The van der Waals surface area contributed by atoms with Crippen molar-refractivity contribution in [2.75, 3.05) is 6.54 Å². The standard InChI is InChI=1S/C22H18F7N5O.ClH/c23-14-9-16(25)15(24)7-11(14)6-12(30)8-18(35)33-4-5-34-17(10-33)19(32-21(34)22(27,28)29)13-2-1-3-31-20(13)26;/h1-3,7,9,12H,4-6,8,10,30H2;1H/t12-;/m1./s1. The van der Waals surface area contributed by atoms with Crippen LogP contribution in [-0.2, 0) is 30.5 Å². The van der Waals surface area contributed by atoms with Crippen molar-refractivity contribution in [3.05, 3.63) is 70.9 Å². The van der Waals surface area contributed by atoms with Crippen molar-refractivity contribution in [1.29, 1.82) is 0 Å². The molecular formula is C22H19ClF7N5O. The summed E-state index contributed by atoms with van der Waals surface area (Å²) in [5.74, 6) is -6.43. The minimum absolute atomic E-state index is 0. The fourth-order valence-corrected chi connectivity index (χ4v) is 4.00. The highest BCUT2D eigenvalue weighted by atomic mass is 35.5. The minimum atomic E-state index is -4.81. The average molecular weight is 538 g/mol. The second-order valence-electron chi connectivity index (χ2n) is 8.06. The summed E-state index contributed by atoms with van der Waals surface area (Å²) in [5, 5.41) is 0. The van der Waals surface area contributed by atoms with Crippen molar-refractivity contribution in [3.8, 4) is 11.3 Å². The quantitative estimate of drug-likeness (QED) is 0.300. The van der Waals surface area contributed by atoms with Gasteiger partial charge in [0, 0.05) is 37.8 Å². The molecular weight excluding hydrogens is 519 g/mol. The van der Waals surface area contributed by atoms with E-state index in [1.165, 1.54) is 17.0 Å². The summed E-state index contributed by atoms with van der Waals surface area (Å²) in [4.78, 5) is 21.1. The van der Waals surface area contributed by atoms with E-state index in [0.717, 1.165) is 10.8 Å². The van der Waals surface area contributed by atoms with Crippen LogP contribution in [0.15, 0.2) is 30.5 Å². The number of hydrogen-bond acceptors (Lipinski definition) is 4. The fraction of sp³-hybridized carbons (Fsp3) is 0.318. The Kier molecular flexibility index (Phi) is 7.94. The molecule has 2 N–H and O–H groups in total. The van der Waals surface area contributed by atoms with Crippen molar-refractivity contribution >= 4 is 18.3 Å². The molecule has 0 saturated heterocycles. The van der Waals surface area contributed by atoms with E-state index in [0.29, 0.717) is 12.1 Å². The van der Waals surface area contributed by atoms with Crippen LogP contribution in [0.3, 0.4) is 0 Å². The van der Waals surface area contributed by atoms with Crippen molar-refractivity contribution in [1.82, 2.24) is 19.4 Å². The molecule has 2 aromatic heterocycles. The Labute approximate surface area is 206 Å². The van der Waals surface area contributed by atoms with Crippen LogP contribution in [0, 0.1) is 23.4 Å². The van der Waals surface area contributed by atoms with Gasteiger partial charge in [-0.25, -0.2) is 23.1 Å².